The van der Waals surface area contributed by atoms with Gasteiger partial charge in [0.05, 0.1) is 25.7 Å². The van der Waals surface area contributed by atoms with Gasteiger partial charge in [-0.3, -0.25) is 9.09 Å². The minimum Gasteiger partial charge on any atom is -0.467 e. The first-order chi connectivity index (χ1) is 13.8. The van der Waals surface area contributed by atoms with Crippen molar-refractivity contribution in [2.24, 2.45) is 0 Å². The van der Waals surface area contributed by atoms with Crippen LogP contribution < -0.4 is 5.32 Å². The summed E-state index contributed by atoms with van der Waals surface area (Å²) < 4.78 is 27.5. The lowest BCUT2D eigenvalue weighted by Gasteiger charge is -2.16. The molecule has 0 unspecified atom stereocenters. The molecular weight excluding hydrogens is 409 g/mol. The largest absolute Gasteiger partial charge is 0.469 e. The third-order valence-corrected chi connectivity index (χ3v) is 4.87. The second-order valence-electron chi connectivity index (χ2n) is 6.31. The Morgan fingerprint density at radius 1 is 1.24 bits per heavy atom. The van der Waals surface area contributed by atoms with Crippen molar-refractivity contribution in [2.45, 2.75) is 31.1 Å². The number of phosphoric ester groups is 1. The Hall–Kier alpha value is -2.38. The molecule has 0 saturated carbocycles. The molecule has 5 N–H and O–H groups in total. The van der Waals surface area contributed by atoms with Crippen LogP contribution >= 0.6 is 7.82 Å². The number of nitrogens with one attached hydrogen (secondary N) is 1. The van der Waals surface area contributed by atoms with Gasteiger partial charge in [0, 0.05) is 0 Å². The molecule has 3 aromatic heterocycles. The van der Waals surface area contributed by atoms with Gasteiger partial charge in [-0.1, -0.05) is 0 Å². The van der Waals surface area contributed by atoms with E-state index in [1.165, 1.54) is 17.2 Å². The lowest BCUT2D eigenvalue weighted by atomic mass is 10.1. The molecule has 1 aliphatic heterocycles. The van der Waals surface area contributed by atoms with Crippen molar-refractivity contribution in [3.05, 3.63) is 36.8 Å². The summed E-state index contributed by atoms with van der Waals surface area (Å²) in [6.45, 7) is -0.231. The summed E-state index contributed by atoms with van der Waals surface area (Å²) in [4.78, 5) is 30.2. The van der Waals surface area contributed by atoms with Crippen molar-refractivity contribution in [3.63, 3.8) is 0 Å². The highest BCUT2D eigenvalue weighted by atomic mass is 31.2. The average Bonchev–Trinajstić information content (AvgIpc) is 3.39. The van der Waals surface area contributed by atoms with Crippen molar-refractivity contribution in [1.82, 2.24) is 19.5 Å². The summed E-state index contributed by atoms with van der Waals surface area (Å²) in [6, 6.07) is 3.56. The first-order valence-corrected chi connectivity index (χ1v) is 10.0. The monoisotopic (exact) mass is 427 g/mol. The topological polar surface area (TPSA) is 185 Å². The van der Waals surface area contributed by atoms with Crippen molar-refractivity contribution in [3.8, 4) is 0 Å². The minimum absolute atomic E-state index is 0.328. The van der Waals surface area contributed by atoms with Gasteiger partial charge in [0.1, 0.15) is 30.4 Å². The van der Waals surface area contributed by atoms with Gasteiger partial charge in [-0.15, -0.1) is 0 Å². The summed E-state index contributed by atoms with van der Waals surface area (Å²) in [6.07, 6.45) is -0.847. The highest BCUT2D eigenvalue weighted by Crippen LogP contribution is 2.38. The Kier molecular flexibility index (Phi) is 5.36. The van der Waals surface area contributed by atoms with E-state index in [0.29, 0.717) is 29.3 Å². The highest BCUT2D eigenvalue weighted by Gasteiger charge is 2.45. The lowest BCUT2D eigenvalue weighted by molar-refractivity contribution is -0.0504. The maximum atomic E-state index is 10.9. The van der Waals surface area contributed by atoms with Crippen molar-refractivity contribution < 1.29 is 38.2 Å². The van der Waals surface area contributed by atoms with Crippen LogP contribution in [0.3, 0.4) is 0 Å². The third-order valence-electron chi connectivity index (χ3n) is 4.39. The predicted octanol–water partition coefficient (Wildman–Crippen LogP) is -0.240. The molecule has 29 heavy (non-hydrogen) atoms. The number of rotatable bonds is 7. The number of hydrogen-bond donors (Lipinski definition) is 5. The van der Waals surface area contributed by atoms with Crippen LogP contribution in [0, 0.1) is 0 Å². The Balaban J connectivity index is 1.54. The fourth-order valence-corrected chi connectivity index (χ4v) is 3.36. The third kappa shape index (κ3) is 4.16. The summed E-state index contributed by atoms with van der Waals surface area (Å²) in [5.41, 5.74) is 0.731. The molecule has 0 aliphatic carbocycles. The van der Waals surface area contributed by atoms with Gasteiger partial charge in [-0.05, 0) is 12.1 Å². The Bertz CT molecular complexity index is 1020. The number of aliphatic hydroxyl groups is 2. The van der Waals surface area contributed by atoms with Gasteiger partial charge in [-0.2, -0.15) is 0 Å². The zero-order valence-electron chi connectivity index (χ0n) is 14.8. The second kappa shape index (κ2) is 7.80. The van der Waals surface area contributed by atoms with Crippen molar-refractivity contribution in [1.29, 1.82) is 0 Å². The number of ether oxygens (including phenoxy) is 1. The molecule has 1 saturated heterocycles. The number of aliphatic hydroxyl groups excluding tert-OH is 2. The van der Waals surface area contributed by atoms with Crippen LogP contribution in [0.4, 0.5) is 5.82 Å². The predicted molar refractivity (Wildman–Crippen MR) is 95.3 cm³/mol. The Morgan fingerprint density at radius 2 is 2.07 bits per heavy atom. The second-order valence-corrected chi connectivity index (χ2v) is 7.55. The van der Waals surface area contributed by atoms with E-state index in [9.17, 15) is 14.8 Å². The van der Waals surface area contributed by atoms with E-state index in [0.717, 1.165) is 0 Å². The van der Waals surface area contributed by atoms with Crippen molar-refractivity contribution >= 4 is 24.8 Å². The van der Waals surface area contributed by atoms with Crippen molar-refractivity contribution in [2.75, 3.05) is 11.9 Å². The minimum atomic E-state index is -4.75. The number of nitrogens with zero attached hydrogens (tertiary/aromatic N) is 4. The molecule has 0 radical (unpaired) electrons. The lowest BCUT2D eigenvalue weighted by Crippen LogP contribution is -2.33. The van der Waals surface area contributed by atoms with E-state index in [-0.39, 0.29) is 0 Å². The molecule has 14 heteroatoms. The van der Waals surface area contributed by atoms with Crippen LogP contribution in [0.2, 0.25) is 0 Å². The van der Waals surface area contributed by atoms with E-state index in [1.807, 2.05) is 0 Å². The van der Waals surface area contributed by atoms with E-state index < -0.39 is 39.0 Å². The first-order valence-electron chi connectivity index (χ1n) is 8.49. The van der Waals surface area contributed by atoms with E-state index in [4.69, 9.17) is 18.9 Å². The number of aromatic nitrogens is 4. The van der Waals surface area contributed by atoms with E-state index in [2.05, 4.69) is 24.8 Å². The maximum absolute atomic E-state index is 10.9. The maximum Gasteiger partial charge on any atom is 0.469 e. The van der Waals surface area contributed by atoms with Crippen LogP contribution in [-0.2, 0) is 20.4 Å². The fraction of sp³-hybridized carbons (Fsp3) is 0.400. The molecular formula is C15H18N5O8P. The number of furan rings is 1. The van der Waals surface area contributed by atoms with Crippen LogP contribution in [-0.4, -0.2) is 64.4 Å². The van der Waals surface area contributed by atoms with Crippen LogP contribution in [0.1, 0.15) is 12.0 Å². The Labute approximate surface area is 163 Å². The molecule has 3 aromatic rings. The Morgan fingerprint density at radius 3 is 2.79 bits per heavy atom. The number of fused-ring (bicyclic) bond motifs is 1. The number of anilines is 1. The van der Waals surface area contributed by atoms with Gasteiger partial charge < -0.3 is 34.5 Å². The van der Waals surface area contributed by atoms with E-state index >= 15 is 0 Å². The number of imidazole rings is 1. The van der Waals surface area contributed by atoms with Gasteiger partial charge >= 0.3 is 7.82 Å². The average molecular weight is 427 g/mol. The molecule has 0 spiro atoms. The standard InChI is InChI=1S/C15H18N5O8P/c21-11-9(5-27-29(23,24)25)28-15(12(11)22)20-7-19-10-13(17-6-18-14(10)20)16-4-8-2-1-3-26-8/h1-3,6-7,9,11-12,15,21-22H,4-5H2,(H,16,17,18)(H2,23,24,25)/t9-,11+,12+,15-/m1/s1. The fourth-order valence-electron chi connectivity index (χ4n) is 3.02. The van der Waals surface area contributed by atoms with Gasteiger partial charge in [0.15, 0.2) is 23.2 Å². The van der Waals surface area contributed by atoms with Crippen LogP contribution in [0.25, 0.3) is 11.2 Å². The zero-order chi connectivity index (χ0) is 20.6. The van der Waals surface area contributed by atoms with Crippen LogP contribution in [0.5, 0.6) is 0 Å². The quantitative estimate of drug-likeness (QED) is 0.312. The molecule has 0 aromatic carbocycles. The van der Waals surface area contributed by atoms with Gasteiger partial charge in [0.2, 0.25) is 0 Å². The molecule has 13 nitrogen and oxygen atoms in total. The molecule has 4 heterocycles. The first kappa shape index (κ1) is 19.9. The van der Waals surface area contributed by atoms with Crippen LogP contribution in [0.15, 0.2) is 35.5 Å². The van der Waals surface area contributed by atoms with Gasteiger partial charge in [0.25, 0.3) is 0 Å². The summed E-state index contributed by atoms with van der Waals surface area (Å²) in [5.74, 6) is 1.13. The highest BCUT2D eigenvalue weighted by molar-refractivity contribution is 7.46. The molecule has 4 rings (SSSR count). The van der Waals surface area contributed by atoms with Gasteiger partial charge in [-0.25, -0.2) is 19.5 Å². The SMILES string of the molecule is O=P(O)(O)OC[C@H]1O[C@@H](n2cnc3c(NCc4ccco4)ncnc32)[C@@H](O)[C@H]1O. The summed E-state index contributed by atoms with van der Waals surface area (Å²) in [5, 5.41) is 23.6. The zero-order valence-corrected chi connectivity index (χ0v) is 15.7. The summed E-state index contributed by atoms with van der Waals surface area (Å²) >= 11 is 0. The molecule has 0 amide bonds. The smallest absolute Gasteiger partial charge is 0.467 e. The molecule has 156 valence electrons. The normalized spacial score (nSPS) is 25.0. The number of hydrogen-bond acceptors (Lipinski definition) is 10. The molecule has 1 fully saturated rings. The molecule has 0 bridgehead atoms. The molecule has 1 aliphatic rings. The van der Waals surface area contributed by atoms with E-state index in [1.54, 1.807) is 18.4 Å². The molecule has 4 atom stereocenters. The summed E-state index contributed by atoms with van der Waals surface area (Å²) in [7, 11) is -4.75. The number of phosphoric acid groups is 1.